The van der Waals surface area contributed by atoms with Gasteiger partial charge in [-0.25, -0.2) is 4.98 Å². The SMILES string of the molecule is CC(NC(=O)c1ccc2nc(-n3cccc3)sc2c1)C(=O)NC1CC1. The second-order valence-electron chi connectivity index (χ2n) is 6.25. The molecule has 0 aliphatic heterocycles. The summed E-state index contributed by atoms with van der Waals surface area (Å²) < 4.78 is 2.88. The molecule has 0 bridgehead atoms. The van der Waals surface area contributed by atoms with Gasteiger partial charge < -0.3 is 15.2 Å². The molecule has 128 valence electrons. The Morgan fingerprint density at radius 3 is 2.76 bits per heavy atom. The highest BCUT2D eigenvalue weighted by Gasteiger charge is 2.26. The van der Waals surface area contributed by atoms with Crippen LogP contribution in [0, 0.1) is 0 Å². The topological polar surface area (TPSA) is 76.0 Å². The third kappa shape index (κ3) is 3.41. The van der Waals surface area contributed by atoms with Crippen molar-refractivity contribution in [1.29, 1.82) is 0 Å². The Kier molecular flexibility index (Phi) is 4.01. The van der Waals surface area contributed by atoms with Gasteiger partial charge >= 0.3 is 0 Å². The maximum atomic E-state index is 12.4. The van der Waals surface area contributed by atoms with Gasteiger partial charge in [0.1, 0.15) is 6.04 Å². The van der Waals surface area contributed by atoms with Crippen molar-refractivity contribution < 1.29 is 9.59 Å². The summed E-state index contributed by atoms with van der Waals surface area (Å²) in [6.45, 7) is 1.70. The number of nitrogens with zero attached hydrogens (tertiary/aromatic N) is 2. The van der Waals surface area contributed by atoms with Crippen LogP contribution in [0.25, 0.3) is 15.3 Å². The molecule has 1 unspecified atom stereocenters. The maximum absolute atomic E-state index is 12.4. The number of fused-ring (bicyclic) bond motifs is 1. The summed E-state index contributed by atoms with van der Waals surface area (Å²) in [5.74, 6) is -0.388. The van der Waals surface area contributed by atoms with Crippen molar-refractivity contribution in [3.05, 3.63) is 48.3 Å². The Bertz CT molecular complexity index is 928. The van der Waals surface area contributed by atoms with Crippen molar-refractivity contribution in [3.63, 3.8) is 0 Å². The fraction of sp³-hybridized carbons (Fsp3) is 0.278. The first-order valence-electron chi connectivity index (χ1n) is 8.25. The fourth-order valence-electron chi connectivity index (χ4n) is 2.53. The van der Waals surface area contributed by atoms with Crippen molar-refractivity contribution in [2.75, 3.05) is 0 Å². The number of rotatable bonds is 5. The van der Waals surface area contributed by atoms with E-state index in [1.165, 1.54) is 11.3 Å². The van der Waals surface area contributed by atoms with Gasteiger partial charge in [-0.1, -0.05) is 11.3 Å². The molecule has 7 heteroatoms. The first-order chi connectivity index (χ1) is 12.1. The molecule has 6 nitrogen and oxygen atoms in total. The Morgan fingerprint density at radius 2 is 2.04 bits per heavy atom. The zero-order valence-corrected chi connectivity index (χ0v) is 14.5. The van der Waals surface area contributed by atoms with Crippen LogP contribution in [-0.4, -0.2) is 33.4 Å². The number of carbonyl (C=O) groups excluding carboxylic acids is 2. The molecule has 2 amide bonds. The molecule has 1 aromatic carbocycles. The number of nitrogens with one attached hydrogen (secondary N) is 2. The van der Waals surface area contributed by atoms with E-state index in [4.69, 9.17) is 0 Å². The van der Waals surface area contributed by atoms with Crippen LogP contribution >= 0.6 is 11.3 Å². The number of aromatic nitrogens is 2. The summed E-state index contributed by atoms with van der Waals surface area (Å²) in [7, 11) is 0. The normalized spacial score (nSPS) is 15.1. The molecule has 25 heavy (non-hydrogen) atoms. The van der Waals surface area contributed by atoms with Crippen LogP contribution in [0.5, 0.6) is 0 Å². The summed E-state index contributed by atoms with van der Waals surface area (Å²) in [6.07, 6.45) is 5.92. The van der Waals surface area contributed by atoms with E-state index in [-0.39, 0.29) is 17.9 Å². The van der Waals surface area contributed by atoms with Crippen LogP contribution in [0.4, 0.5) is 0 Å². The van der Waals surface area contributed by atoms with Gasteiger partial charge in [0.15, 0.2) is 5.13 Å². The molecule has 4 rings (SSSR count). The molecule has 0 saturated heterocycles. The predicted molar refractivity (Wildman–Crippen MR) is 97.0 cm³/mol. The lowest BCUT2D eigenvalue weighted by molar-refractivity contribution is -0.122. The zero-order chi connectivity index (χ0) is 17.4. The Morgan fingerprint density at radius 1 is 1.28 bits per heavy atom. The first-order valence-corrected chi connectivity index (χ1v) is 9.07. The van der Waals surface area contributed by atoms with Gasteiger partial charge in [0, 0.05) is 24.0 Å². The van der Waals surface area contributed by atoms with E-state index >= 15 is 0 Å². The summed E-state index contributed by atoms with van der Waals surface area (Å²) >= 11 is 1.52. The van der Waals surface area contributed by atoms with Crippen molar-refractivity contribution in [1.82, 2.24) is 20.2 Å². The van der Waals surface area contributed by atoms with Crippen LogP contribution in [-0.2, 0) is 4.79 Å². The lowest BCUT2D eigenvalue weighted by atomic mass is 10.2. The maximum Gasteiger partial charge on any atom is 0.251 e. The van der Waals surface area contributed by atoms with Gasteiger partial charge in [-0.15, -0.1) is 0 Å². The Labute approximate surface area is 148 Å². The predicted octanol–water partition coefficient (Wildman–Crippen LogP) is 2.48. The van der Waals surface area contributed by atoms with E-state index in [2.05, 4.69) is 15.6 Å². The molecule has 2 N–H and O–H groups in total. The van der Waals surface area contributed by atoms with Gasteiger partial charge in [-0.2, -0.15) is 0 Å². The van der Waals surface area contributed by atoms with Crippen molar-refractivity contribution in [3.8, 4) is 5.13 Å². The van der Waals surface area contributed by atoms with E-state index < -0.39 is 6.04 Å². The van der Waals surface area contributed by atoms with E-state index in [0.29, 0.717) is 5.56 Å². The second kappa shape index (κ2) is 6.33. The van der Waals surface area contributed by atoms with Crippen LogP contribution in [0.15, 0.2) is 42.7 Å². The van der Waals surface area contributed by atoms with E-state index in [1.54, 1.807) is 13.0 Å². The minimum atomic E-state index is -0.555. The van der Waals surface area contributed by atoms with E-state index in [9.17, 15) is 9.59 Å². The van der Waals surface area contributed by atoms with Crippen molar-refractivity contribution in [2.45, 2.75) is 31.8 Å². The summed E-state index contributed by atoms with van der Waals surface area (Å²) in [4.78, 5) is 29.0. The molecular formula is C18H18N4O2S. The Balaban J connectivity index is 1.50. The van der Waals surface area contributed by atoms with Crippen LogP contribution in [0.1, 0.15) is 30.1 Å². The van der Waals surface area contributed by atoms with Crippen molar-refractivity contribution >= 4 is 33.4 Å². The highest BCUT2D eigenvalue weighted by molar-refractivity contribution is 7.20. The average Bonchev–Trinajstić information content (AvgIpc) is 3.11. The summed E-state index contributed by atoms with van der Waals surface area (Å²) in [5, 5.41) is 6.51. The van der Waals surface area contributed by atoms with Crippen LogP contribution in [0.3, 0.4) is 0 Å². The number of hydrogen-bond donors (Lipinski definition) is 2. The van der Waals surface area contributed by atoms with Gasteiger partial charge in [0.05, 0.1) is 10.2 Å². The van der Waals surface area contributed by atoms with Crippen molar-refractivity contribution in [2.24, 2.45) is 0 Å². The average molecular weight is 354 g/mol. The molecule has 2 aromatic heterocycles. The summed E-state index contributed by atoms with van der Waals surface area (Å²) in [6, 6.07) is 9.01. The molecule has 0 radical (unpaired) electrons. The number of carbonyl (C=O) groups is 2. The number of amides is 2. The minimum Gasteiger partial charge on any atom is -0.352 e. The highest BCUT2D eigenvalue weighted by atomic mass is 32.1. The molecular weight excluding hydrogens is 336 g/mol. The number of thiazole rings is 1. The molecule has 0 spiro atoms. The minimum absolute atomic E-state index is 0.135. The molecule has 1 atom stereocenters. The largest absolute Gasteiger partial charge is 0.352 e. The standard InChI is InChI=1S/C18H18N4O2S/c1-11(16(23)20-13-5-6-13)19-17(24)12-4-7-14-15(10-12)25-18(21-14)22-8-2-3-9-22/h2-4,7-11,13H,5-6H2,1H3,(H,19,24)(H,20,23). The van der Waals surface area contributed by atoms with Gasteiger partial charge in [-0.05, 0) is 50.1 Å². The van der Waals surface area contributed by atoms with Crippen LogP contribution in [0.2, 0.25) is 0 Å². The lowest BCUT2D eigenvalue weighted by Crippen LogP contribution is -2.45. The number of benzene rings is 1. The fourth-order valence-corrected chi connectivity index (χ4v) is 3.50. The Hall–Kier alpha value is -2.67. The smallest absolute Gasteiger partial charge is 0.251 e. The molecule has 3 aromatic rings. The van der Waals surface area contributed by atoms with Crippen LogP contribution < -0.4 is 10.6 Å². The third-order valence-corrected chi connectivity index (χ3v) is 5.16. The molecule has 2 heterocycles. The van der Waals surface area contributed by atoms with E-state index in [0.717, 1.165) is 28.2 Å². The van der Waals surface area contributed by atoms with Gasteiger partial charge in [0.25, 0.3) is 5.91 Å². The number of hydrogen-bond acceptors (Lipinski definition) is 4. The monoisotopic (exact) mass is 354 g/mol. The first kappa shape index (κ1) is 15.8. The second-order valence-corrected chi connectivity index (χ2v) is 7.26. The molecule has 1 fully saturated rings. The lowest BCUT2D eigenvalue weighted by Gasteiger charge is -2.13. The van der Waals surface area contributed by atoms with Gasteiger partial charge in [-0.3, -0.25) is 9.59 Å². The van der Waals surface area contributed by atoms with E-state index in [1.807, 2.05) is 41.2 Å². The molecule has 1 aliphatic rings. The highest BCUT2D eigenvalue weighted by Crippen LogP contribution is 2.26. The summed E-state index contributed by atoms with van der Waals surface area (Å²) in [5.41, 5.74) is 1.38. The molecule has 1 aliphatic carbocycles. The van der Waals surface area contributed by atoms with Gasteiger partial charge in [0.2, 0.25) is 5.91 Å². The quantitative estimate of drug-likeness (QED) is 0.739. The molecule has 1 saturated carbocycles. The zero-order valence-electron chi connectivity index (χ0n) is 13.7. The third-order valence-electron chi connectivity index (χ3n) is 4.13.